The topological polar surface area (TPSA) is 101 Å². The summed E-state index contributed by atoms with van der Waals surface area (Å²) < 4.78 is 0. The summed E-state index contributed by atoms with van der Waals surface area (Å²) >= 11 is 0. The summed E-state index contributed by atoms with van der Waals surface area (Å²) in [6.45, 7) is 0.995. The Balaban J connectivity index is 1.21. The van der Waals surface area contributed by atoms with Crippen LogP contribution in [0.1, 0.15) is 27.1 Å². The highest BCUT2D eigenvalue weighted by molar-refractivity contribution is 6.25. The summed E-state index contributed by atoms with van der Waals surface area (Å²) in [7, 11) is 0. The van der Waals surface area contributed by atoms with Crippen molar-refractivity contribution >= 4 is 39.6 Å². The largest absolute Gasteiger partial charge is 0.397 e. The van der Waals surface area contributed by atoms with Crippen LogP contribution in [-0.2, 0) is 0 Å². The van der Waals surface area contributed by atoms with Crippen LogP contribution in [0.25, 0.3) is 21.9 Å². The van der Waals surface area contributed by atoms with Gasteiger partial charge in [-0.25, -0.2) is 0 Å². The van der Waals surface area contributed by atoms with Gasteiger partial charge in [-0.05, 0) is 59.3 Å². The Labute approximate surface area is 191 Å². The Morgan fingerprint density at radius 3 is 2.00 bits per heavy atom. The molecule has 0 radical (unpaired) electrons. The van der Waals surface area contributed by atoms with Gasteiger partial charge >= 0.3 is 0 Å². The Hall–Kier alpha value is -4.32. The van der Waals surface area contributed by atoms with Gasteiger partial charge in [-0.3, -0.25) is 14.5 Å². The van der Waals surface area contributed by atoms with E-state index >= 15 is 0 Å². The van der Waals surface area contributed by atoms with Gasteiger partial charge in [0.2, 0.25) is 0 Å². The number of nitrogens with one attached hydrogen (secondary N) is 1. The predicted molar refractivity (Wildman–Crippen MR) is 133 cm³/mol. The van der Waals surface area contributed by atoms with Crippen LogP contribution >= 0.6 is 0 Å². The van der Waals surface area contributed by atoms with Gasteiger partial charge in [-0.2, -0.15) is 0 Å². The van der Waals surface area contributed by atoms with E-state index in [1.165, 1.54) is 4.90 Å². The van der Waals surface area contributed by atoms with Crippen LogP contribution in [0.3, 0.4) is 0 Å². The minimum absolute atomic E-state index is 0.226. The van der Waals surface area contributed by atoms with Gasteiger partial charge in [0.05, 0.1) is 11.4 Å². The summed E-state index contributed by atoms with van der Waals surface area (Å²) in [5.41, 5.74) is 17.0. The number of nitrogens with zero attached hydrogens (tertiary/aromatic N) is 1. The first kappa shape index (κ1) is 20.6. The molecule has 164 valence electrons. The summed E-state index contributed by atoms with van der Waals surface area (Å²) in [5.74, 6) is -0.451. The molecule has 1 aliphatic rings. The fraction of sp³-hybridized carbons (Fsp3) is 0.111. The van der Waals surface area contributed by atoms with E-state index in [0.29, 0.717) is 42.0 Å². The van der Waals surface area contributed by atoms with Gasteiger partial charge in [-0.15, -0.1) is 0 Å². The number of imide groups is 1. The van der Waals surface area contributed by atoms with E-state index in [2.05, 4.69) is 5.32 Å². The van der Waals surface area contributed by atoms with E-state index in [1.807, 2.05) is 60.7 Å². The molecule has 6 heteroatoms. The fourth-order valence-corrected chi connectivity index (χ4v) is 4.29. The zero-order valence-electron chi connectivity index (χ0n) is 18.0. The number of anilines is 3. The molecule has 0 aromatic heterocycles. The normalized spacial score (nSPS) is 12.9. The van der Waals surface area contributed by atoms with Crippen molar-refractivity contribution in [2.45, 2.75) is 6.42 Å². The zero-order chi connectivity index (χ0) is 22.9. The monoisotopic (exact) mass is 436 g/mol. The Morgan fingerprint density at radius 1 is 0.727 bits per heavy atom. The molecule has 5 N–H and O–H groups in total. The summed E-state index contributed by atoms with van der Waals surface area (Å²) in [5, 5.41) is 5.03. The molecule has 0 fully saturated rings. The van der Waals surface area contributed by atoms with E-state index in [9.17, 15) is 9.59 Å². The molecule has 0 unspecified atom stereocenters. The lowest BCUT2D eigenvalue weighted by molar-refractivity contribution is 0.0610. The number of rotatable bonds is 6. The lowest BCUT2D eigenvalue weighted by Crippen LogP contribution is -2.41. The lowest BCUT2D eigenvalue weighted by atomic mass is 9.94. The van der Waals surface area contributed by atoms with Crippen LogP contribution in [-0.4, -0.2) is 29.8 Å². The molecule has 4 aromatic rings. The lowest BCUT2D eigenvalue weighted by Gasteiger charge is -2.27. The van der Waals surface area contributed by atoms with Crippen LogP contribution in [0.4, 0.5) is 17.1 Å². The van der Waals surface area contributed by atoms with Gasteiger partial charge in [-0.1, -0.05) is 42.5 Å². The van der Waals surface area contributed by atoms with Crippen LogP contribution in [0.5, 0.6) is 0 Å². The first-order valence-corrected chi connectivity index (χ1v) is 10.9. The Kier molecular flexibility index (Phi) is 5.18. The molecule has 5 rings (SSSR count). The molecule has 6 nitrogen and oxygen atoms in total. The quantitative estimate of drug-likeness (QED) is 0.230. The molecule has 0 atom stereocenters. The SMILES string of the molecule is Nc1ccc(-c2ccc(NCCCN3C(=O)c4cccc5cccc(c45)C3=O)cc2)cc1N. The highest BCUT2D eigenvalue weighted by atomic mass is 16.2. The van der Waals surface area contributed by atoms with Gasteiger partial charge < -0.3 is 16.8 Å². The molecule has 0 aliphatic carbocycles. The van der Waals surface area contributed by atoms with Crippen molar-refractivity contribution in [1.29, 1.82) is 0 Å². The van der Waals surface area contributed by atoms with E-state index < -0.39 is 0 Å². The van der Waals surface area contributed by atoms with Gasteiger partial charge in [0, 0.05) is 35.3 Å². The van der Waals surface area contributed by atoms with Crippen molar-refractivity contribution < 1.29 is 9.59 Å². The van der Waals surface area contributed by atoms with Gasteiger partial charge in [0.15, 0.2) is 0 Å². The molecule has 2 amide bonds. The minimum Gasteiger partial charge on any atom is -0.397 e. The maximum atomic E-state index is 13.0. The Bertz CT molecular complexity index is 1330. The molecule has 33 heavy (non-hydrogen) atoms. The van der Waals surface area contributed by atoms with Gasteiger partial charge in [0.25, 0.3) is 11.8 Å². The number of benzene rings is 4. The molecule has 0 spiro atoms. The van der Waals surface area contributed by atoms with E-state index in [1.54, 1.807) is 18.2 Å². The molecule has 0 saturated heterocycles. The number of carbonyl (C=O) groups excluding carboxylic acids is 2. The van der Waals surface area contributed by atoms with Crippen molar-refractivity contribution in [3.63, 3.8) is 0 Å². The maximum absolute atomic E-state index is 13.0. The summed E-state index contributed by atoms with van der Waals surface area (Å²) in [4.78, 5) is 27.3. The molecule has 0 saturated carbocycles. The third-order valence-electron chi connectivity index (χ3n) is 6.05. The summed E-state index contributed by atoms with van der Waals surface area (Å²) in [6, 6.07) is 24.8. The molecule has 0 bridgehead atoms. The number of amides is 2. The second-order valence-corrected chi connectivity index (χ2v) is 8.17. The molecular formula is C27H24N4O2. The second kappa shape index (κ2) is 8.31. The van der Waals surface area contributed by atoms with Gasteiger partial charge in [0.1, 0.15) is 0 Å². The number of nitrogen functional groups attached to an aromatic ring is 2. The molecule has 1 heterocycles. The van der Waals surface area contributed by atoms with Crippen molar-refractivity contribution in [3.05, 3.63) is 90.0 Å². The van der Waals surface area contributed by atoms with Crippen LogP contribution in [0.15, 0.2) is 78.9 Å². The zero-order valence-corrected chi connectivity index (χ0v) is 18.0. The third-order valence-corrected chi connectivity index (χ3v) is 6.05. The highest BCUT2D eigenvalue weighted by Gasteiger charge is 2.31. The van der Waals surface area contributed by atoms with Crippen molar-refractivity contribution in [3.8, 4) is 11.1 Å². The minimum atomic E-state index is -0.226. The number of nitrogens with two attached hydrogens (primary N) is 2. The smallest absolute Gasteiger partial charge is 0.261 e. The average Bonchev–Trinajstić information content (AvgIpc) is 2.84. The van der Waals surface area contributed by atoms with Crippen LogP contribution in [0, 0.1) is 0 Å². The van der Waals surface area contributed by atoms with Crippen LogP contribution in [0.2, 0.25) is 0 Å². The first-order valence-electron chi connectivity index (χ1n) is 10.9. The Morgan fingerprint density at radius 2 is 1.36 bits per heavy atom. The number of carbonyl (C=O) groups is 2. The molecule has 4 aromatic carbocycles. The fourth-order valence-electron chi connectivity index (χ4n) is 4.29. The third kappa shape index (κ3) is 3.76. The summed E-state index contributed by atoms with van der Waals surface area (Å²) in [6.07, 6.45) is 0.645. The molecule has 1 aliphatic heterocycles. The van der Waals surface area contributed by atoms with Crippen molar-refractivity contribution in [1.82, 2.24) is 4.90 Å². The number of hydrogen-bond donors (Lipinski definition) is 3. The van der Waals surface area contributed by atoms with E-state index in [-0.39, 0.29) is 11.8 Å². The average molecular weight is 437 g/mol. The predicted octanol–water partition coefficient (Wildman–Crippen LogP) is 4.77. The number of hydrogen-bond acceptors (Lipinski definition) is 5. The standard InChI is InChI=1S/C27H24N4O2/c28-23-13-10-19(16-24(23)29)17-8-11-20(12-9-17)30-14-3-15-31-26(32)21-6-1-4-18-5-2-7-22(25(18)21)27(31)33/h1-2,4-13,16,30H,3,14-15,28-29H2. The second-order valence-electron chi connectivity index (χ2n) is 8.17. The van der Waals surface area contributed by atoms with Crippen molar-refractivity contribution in [2.75, 3.05) is 29.9 Å². The first-order chi connectivity index (χ1) is 16.0. The highest BCUT2D eigenvalue weighted by Crippen LogP contribution is 2.30. The van der Waals surface area contributed by atoms with E-state index in [4.69, 9.17) is 11.5 Å². The van der Waals surface area contributed by atoms with Crippen LogP contribution < -0.4 is 16.8 Å². The van der Waals surface area contributed by atoms with Crippen molar-refractivity contribution in [2.24, 2.45) is 0 Å². The van der Waals surface area contributed by atoms with E-state index in [0.717, 1.165) is 27.6 Å². The molecular weight excluding hydrogens is 412 g/mol. The maximum Gasteiger partial charge on any atom is 0.261 e.